The molecule has 2 rings (SSSR count). The molecule has 18 heavy (non-hydrogen) atoms. The van der Waals surface area contributed by atoms with E-state index in [0.717, 1.165) is 11.6 Å². The highest BCUT2D eigenvalue weighted by atomic mass is 32.2. The zero-order valence-electron chi connectivity index (χ0n) is 10.5. The Kier molecular flexibility index (Phi) is 4.45. The number of hydrogen-bond donors (Lipinski definition) is 2. The minimum atomic E-state index is -0.898. The van der Waals surface area contributed by atoms with Crippen molar-refractivity contribution in [2.45, 2.75) is 31.3 Å². The van der Waals surface area contributed by atoms with Crippen LogP contribution in [0, 0.1) is 5.92 Å². The maximum atomic E-state index is 12.5. The van der Waals surface area contributed by atoms with E-state index in [9.17, 15) is 14.7 Å². The van der Waals surface area contributed by atoms with E-state index in [1.54, 1.807) is 28.4 Å². The zero-order valence-corrected chi connectivity index (χ0v) is 12.1. The van der Waals surface area contributed by atoms with Gasteiger partial charge in [0.05, 0.1) is 11.4 Å². The molecular weight excluding hydrogens is 272 g/mol. The third kappa shape index (κ3) is 2.62. The molecule has 7 heteroatoms. The lowest BCUT2D eigenvalue weighted by Crippen LogP contribution is -2.53. The summed E-state index contributed by atoms with van der Waals surface area (Å²) in [6.07, 6.45) is 0. The topological polar surface area (TPSA) is 69.6 Å². The third-order valence-corrected chi connectivity index (χ3v) is 5.72. The number of hydrogen-bond acceptors (Lipinski definition) is 5. The van der Waals surface area contributed by atoms with Crippen LogP contribution in [0.15, 0.2) is 0 Å². The minimum absolute atomic E-state index is 0.0222. The van der Waals surface area contributed by atoms with Gasteiger partial charge in [-0.25, -0.2) is 4.79 Å². The summed E-state index contributed by atoms with van der Waals surface area (Å²) in [7, 11) is 0. The number of amides is 1. The van der Waals surface area contributed by atoms with Crippen molar-refractivity contribution in [3.8, 4) is 0 Å². The molecule has 5 nitrogen and oxygen atoms in total. The van der Waals surface area contributed by atoms with Gasteiger partial charge in [-0.05, 0) is 5.92 Å². The van der Waals surface area contributed by atoms with Gasteiger partial charge in [0.2, 0.25) is 5.91 Å². The van der Waals surface area contributed by atoms with Crippen molar-refractivity contribution in [1.29, 1.82) is 0 Å². The number of nitrogens with zero attached hydrogens (tertiary/aromatic N) is 1. The van der Waals surface area contributed by atoms with Crippen LogP contribution in [0.5, 0.6) is 0 Å². The summed E-state index contributed by atoms with van der Waals surface area (Å²) in [5.41, 5.74) is 0. The highest BCUT2D eigenvalue weighted by Gasteiger charge is 2.45. The zero-order chi connectivity index (χ0) is 13.3. The lowest BCUT2D eigenvalue weighted by molar-refractivity contribution is -0.150. The van der Waals surface area contributed by atoms with Crippen LogP contribution in [0.4, 0.5) is 0 Å². The van der Waals surface area contributed by atoms with Crippen molar-refractivity contribution in [3.63, 3.8) is 0 Å². The molecule has 0 spiro atoms. The second-order valence-corrected chi connectivity index (χ2v) is 7.02. The molecule has 0 aliphatic carbocycles. The number of aliphatic carboxylic acids is 1. The number of carbonyl (C=O) groups is 2. The summed E-state index contributed by atoms with van der Waals surface area (Å²) in [5.74, 6) is 1.29. The predicted octanol–water partition coefficient (Wildman–Crippen LogP) is 0.660. The first kappa shape index (κ1) is 14.0. The van der Waals surface area contributed by atoms with Gasteiger partial charge in [0.1, 0.15) is 6.04 Å². The summed E-state index contributed by atoms with van der Waals surface area (Å²) in [5, 5.41) is 12.3. The Labute approximate surface area is 115 Å². The standard InChI is InChI=1S/C11H18N2O3S2/c1-6(2)10-13(8(4-18-10)11(15)16)9(14)7-3-17-5-12-7/h6-8,10,12H,3-5H2,1-2H3,(H,15,16). The van der Waals surface area contributed by atoms with Gasteiger partial charge >= 0.3 is 5.97 Å². The molecule has 2 N–H and O–H groups in total. The van der Waals surface area contributed by atoms with Gasteiger partial charge in [-0.2, -0.15) is 0 Å². The Hall–Kier alpha value is -0.400. The Bertz CT molecular complexity index is 345. The van der Waals surface area contributed by atoms with Crippen molar-refractivity contribution >= 4 is 35.4 Å². The first-order valence-corrected chi connectivity index (χ1v) is 8.20. The molecule has 0 aromatic heterocycles. The van der Waals surface area contributed by atoms with Gasteiger partial charge in [0.15, 0.2) is 0 Å². The van der Waals surface area contributed by atoms with Crippen molar-refractivity contribution < 1.29 is 14.7 Å². The number of rotatable bonds is 3. The second-order valence-electron chi connectivity index (χ2n) is 4.84. The van der Waals surface area contributed by atoms with Crippen LogP contribution in [-0.2, 0) is 9.59 Å². The van der Waals surface area contributed by atoms with Gasteiger partial charge in [0, 0.05) is 17.4 Å². The van der Waals surface area contributed by atoms with Crippen LogP contribution in [0.2, 0.25) is 0 Å². The van der Waals surface area contributed by atoms with Gasteiger partial charge < -0.3 is 10.0 Å². The van der Waals surface area contributed by atoms with Gasteiger partial charge in [0.25, 0.3) is 0 Å². The molecule has 2 aliphatic heterocycles. The second kappa shape index (κ2) is 5.71. The van der Waals surface area contributed by atoms with Gasteiger partial charge in [-0.1, -0.05) is 13.8 Å². The summed E-state index contributed by atoms with van der Waals surface area (Å²) in [6.45, 7) is 4.05. The number of nitrogens with one attached hydrogen (secondary N) is 1. The van der Waals surface area contributed by atoms with E-state index in [1.165, 1.54) is 0 Å². The molecule has 0 saturated carbocycles. The number of carboxylic acid groups (broad SMARTS) is 1. The number of carbonyl (C=O) groups excluding carboxylic acids is 1. The summed E-state index contributed by atoms with van der Waals surface area (Å²) >= 11 is 3.25. The lowest BCUT2D eigenvalue weighted by atomic mass is 10.1. The predicted molar refractivity (Wildman–Crippen MR) is 73.6 cm³/mol. The highest BCUT2D eigenvalue weighted by Crippen LogP contribution is 2.35. The fourth-order valence-electron chi connectivity index (χ4n) is 2.24. The van der Waals surface area contributed by atoms with Crippen molar-refractivity contribution in [2.24, 2.45) is 5.92 Å². The Balaban J connectivity index is 2.17. The van der Waals surface area contributed by atoms with Gasteiger partial charge in [-0.3, -0.25) is 10.1 Å². The summed E-state index contributed by atoms with van der Waals surface area (Å²) in [4.78, 5) is 25.3. The molecule has 0 radical (unpaired) electrons. The molecule has 2 aliphatic rings. The SMILES string of the molecule is CC(C)C1SCC(C(=O)O)N1C(=O)C1CSCN1. The molecular formula is C11H18N2O3S2. The highest BCUT2D eigenvalue weighted by molar-refractivity contribution is 8.00. The lowest BCUT2D eigenvalue weighted by Gasteiger charge is -2.31. The molecule has 2 heterocycles. The average molecular weight is 290 g/mol. The largest absolute Gasteiger partial charge is 0.480 e. The van der Waals surface area contributed by atoms with E-state index < -0.39 is 12.0 Å². The quantitative estimate of drug-likeness (QED) is 0.796. The molecule has 2 saturated heterocycles. The minimum Gasteiger partial charge on any atom is -0.480 e. The molecule has 3 atom stereocenters. The maximum absolute atomic E-state index is 12.5. The van der Waals surface area contributed by atoms with Crippen molar-refractivity contribution in [1.82, 2.24) is 10.2 Å². The van der Waals surface area contributed by atoms with E-state index in [0.29, 0.717) is 5.75 Å². The fraction of sp³-hybridized carbons (Fsp3) is 0.818. The first-order chi connectivity index (χ1) is 8.52. The van der Waals surface area contributed by atoms with Crippen LogP contribution in [0.25, 0.3) is 0 Å². The summed E-state index contributed by atoms with van der Waals surface area (Å²) < 4.78 is 0. The summed E-state index contributed by atoms with van der Waals surface area (Å²) in [6, 6.07) is -0.904. The molecule has 1 amide bonds. The third-order valence-electron chi connectivity index (χ3n) is 3.16. The molecule has 102 valence electrons. The van der Waals surface area contributed by atoms with Gasteiger partial charge in [-0.15, -0.1) is 23.5 Å². The van der Waals surface area contributed by atoms with Crippen molar-refractivity contribution in [3.05, 3.63) is 0 Å². The normalized spacial score (nSPS) is 32.2. The maximum Gasteiger partial charge on any atom is 0.327 e. The van der Waals surface area contributed by atoms with E-state index in [2.05, 4.69) is 5.32 Å². The average Bonchev–Trinajstić information content (AvgIpc) is 2.97. The Morgan fingerprint density at radius 1 is 1.39 bits per heavy atom. The van der Waals surface area contributed by atoms with E-state index >= 15 is 0 Å². The monoisotopic (exact) mass is 290 g/mol. The Morgan fingerprint density at radius 3 is 2.61 bits per heavy atom. The molecule has 2 fully saturated rings. The van der Waals surface area contributed by atoms with Crippen LogP contribution in [0.1, 0.15) is 13.8 Å². The van der Waals surface area contributed by atoms with E-state index in [4.69, 9.17) is 0 Å². The first-order valence-electron chi connectivity index (χ1n) is 6.00. The Morgan fingerprint density at radius 2 is 2.11 bits per heavy atom. The molecule has 3 unspecified atom stereocenters. The molecule has 0 aromatic carbocycles. The van der Waals surface area contributed by atoms with Crippen LogP contribution in [0.3, 0.4) is 0 Å². The smallest absolute Gasteiger partial charge is 0.327 e. The molecule has 0 aromatic rings. The number of thioether (sulfide) groups is 2. The van der Waals surface area contributed by atoms with E-state index in [1.807, 2.05) is 13.8 Å². The number of carboxylic acids is 1. The van der Waals surface area contributed by atoms with Crippen LogP contribution < -0.4 is 5.32 Å². The van der Waals surface area contributed by atoms with Crippen LogP contribution in [-0.4, -0.2) is 56.7 Å². The van der Waals surface area contributed by atoms with Crippen molar-refractivity contribution in [2.75, 3.05) is 17.4 Å². The van der Waals surface area contributed by atoms with E-state index in [-0.39, 0.29) is 23.2 Å². The molecule has 0 bridgehead atoms. The van der Waals surface area contributed by atoms with Crippen LogP contribution >= 0.6 is 23.5 Å². The fourth-order valence-corrected chi connectivity index (χ4v) is 4.66.